The summed E-state index contributed by atoms with van der Waals surface area (Å²) in [5.41, 5.74) is 6.91. The first-order valence-electron chi connectivity index (χ1n) is 4.34. The summed E-state index contributed by atoms with van der Waals surface area (Å²) in [7, 11) is 0. The molecule has 0 atom stereocenters. The number of rotatable bonds is 3. The number of aryl methyl sites for hydroxylation is 1. The Morgan fingerprint density at radius 2 is 2.23 bits per heavy atom. The van der Waals surface area contributed by atoms with Crippen molar-refractivity contribution in [3.63, 3.8) is 0 Å². The molecule has 2 N–H and O–H groups in total. The molecular formula is C9H16BrN3. The van der Waals surface area contributed by atoms with E-state index in [1.54, 1.807) is 0 Å². The minimum absolute atomic E-state index is 0.0982. The van der Waals surface area contributed by atoms with Crippen LogP contribution >= 0.6 is 15.9 Å². The van der Waals surface area contributed by atoms with E-state index in [4.69, 9.17) is 5.73 Å². The predicted molar refractivity (Wildman–Crippen MR) is 57.5 cm³/mol. The molecule has 0 aliphatic heterocycles. The zero-order valence-electron chi connectivity index (χ0n) is 8.34. The van der Waals surface area contributed by atoms with Gasteiger partial charge < -0.3 is 5.73 Å². The second kappa shape index (κ2) is 3.80. The fourth-order valence-corrected chi connectivity index (χ4v) is 1.36. The Kier molecular flexibility index (Phi) is 3.14. The van der Waals surface area contributed by atoms with E-state index in [9.17, 15) is 0 Å². The summed E-state index contributed by atoms with van der Waals surface area (Å²) in [6, 6.07) is 0. The van der Waals surface area contributed by atoms with Gasteiger partial charge in [0.15, 0.2) is 0 Å². The molecule has 1 rings (SSSR count). The minimum Gasteiger partial charge on any atom is -0.330 e. The normalized spacial score (nSPS) is 12.1. The quantitative estimate of drug-likeness (QED) is 0.885. The van der Waals surface area contributed by atoms with Gasteiger partial charge in [-0.2, -0.15) is 5.10 Å². The van der Waals surface area contributed by atoms with Crippen LogP contribution in [-0.2, 0) is 6.54 Å². The van der Waals surface area contributed by atoms with Crippen molar-refractivity contribution in [3.05, 3.63) is 16.4 Å². The first-order valence-corrected chi connectivity index (χ1v) is 5.13. The number of hydrogen-bond donors (Lipinski definition) is 1. The SMILES string of the molecule is Cc1cnn(CC(C)(C)CN)c1Br. The molecule has 0 aliphatic rings. The van der Waals surface area contributed by atoms with Crippen LogP contribution in [-0.4, -0.2) is 16.3 Å². The summed E-state index contributed by atoms with van der Waals surface area (Å²) < 4.78 is 3.00. The topological polar surface area (TPSA) is 43.8 Å². The maximum Gasteiger partial charge on any atom is 0.107 e. The summed E-state index contributed by atoms with van der Waals surface area (Å²) in [5, 5.41) is 4.26. The van der Waals surface area contributed by atoms with E-state index in [-0.39, 0.29) is 5.41 Å². The van der Waals surface area contributed by atoms with Crippen LogP contribution in [0.2, 0.25) is 0 Å². The van der Waals surface area contributed by atoms with Crippen LogP contribution in [0.4, 0.5) is 0 Å². The van der Waals surface area contributed by atoms with Crippen LogP contribution in [0.1, 0.15) is 19.4 Å². The van der Waals surface area contributed by atoms with E-state index >= 15 is 0 Å². The molecule has 74 valence electrons. The van der Waals surface area contributed by atoms with Crippen LogP contribution in [0.15, 0.2) is 10.8 Å². The Bertz CT molecular complexity index is 291. The van der Waals surface area contributed by atoms with Gasteiger partial charge in [0.1, 0.15) is 4.60 Å². The monoisotopic (exact) mass is 245 g/mol. The lowest BCUT2D eigenvalue weighted by Crippen LogP contribution is -2.29. The van der Waals surface area contributed by atoms with Gasteiger partial charge in [0.05, 0.1) is 6.20 Å². The first kappa shape index (κ1) is 10.7. The molecule has 0 saturated carbocycles. The van der Waals surface area contributed by atoms with E-state index in [1.807, 2.05) is 17.8 Å². The molecule has 1 heterocycles. The van der Waals surface area contributed by atoms with Crippen molar-refractivity contribution in [1.29, 1.82) is 0 Å². The third-order valence-corrected chi connectivity index (χ3v) is 3.11. The van der Waals surface area contributed by atoms with Gasteiger partial charge in [-0.1, -0.05) is 13.8 Å². The second-order valence-corrected chi connectivity index (χ2v) is 4.90. The maximum absolute atomic E-state index is 5.65. The number of nitrogens with zero attached hydrogens (tertiary/aromatic N) is 2. The van der Waals surface area contributed by atoms with Crippen LogP contribution in [0.25, 0.3) is 0 Å². The van der Waals surface area contributed by atoms with Crippen molar-refractivity contribution < 1.29 is 0 Å². The van der Waals surface area contributed by atoms with Gasteiger partial charge in [0, 0.05) is 12.1 Å². The van der Waals surface area contributed by atoms with Crippen LogP contribution in [0.5, 0.6) is 0 Å². The third-order valence-electron chi connectivity index (χ3n) is 2.07. The highest BCUT2D eigenvalue weighted by atomic mass is 79.9. The highest BCUT2D eigenvalue weighted by Gasteiger charge is 2.18. The van der Waals surface area contributed by atoms with Gasteiger partial charge in [-0.15, -0.1) is 0 Å². The molecule has 4 heteroatoms. The summed E-state index contributed by atoms with van der Waals surface area (Å²) in [6.07, 6.45) is 1.86. The van der Waals surface area contributed by atoms with Crippen LogP contribution < -0.4 is 5.73 Å². The standard InChI is InChI=1S/C9H16BrN3/c1-7-4-12-13(8(7)10)6-9(2,3)5-11/h4H,5-6,11H2,1-3H3. The largest absolute Gasteiger partial charge is 0.330 e. The van der Waals surface area contributed by atoms with Gasteiger partial charge in [0.25, 0.3) is 0 Å². The number of halogens is 1. The Morgan fingerprint density at radius 1 is 1.62 bits per heavy atom. The van der Waals surface area contributed by atoms with Crippen LogP contribution in [0.3, 0.4) is 0 Å². The molecule has 0 aliphatic carbocycles. The molecule has 0 amide bonds. The van der Waals surface area contributed by atoms with Crippen molar-refractivity contribution in [3.8, 4) is 0 Å². The fraction of sp³-hybridized carbons (Fsp3) is 0.667. The Labute approximate surface area is 87.4 Å². The zero-order chi connectivity index (χ0) is 10.1. The summed E-state index contributed by atoms with van der Waals surface area (Å²) >= 11 is 3.49. The molecule has 3 nitrogen and oxygen atoms in total. The highest BCUT2D eigenvalue weighted by Crippen LogP contribution is 2.21. The van der Waals surface area contributed by atoms with Gasteiger partial charge in [-0.3, -0.25) is 4.68 Å². The Balaban J connectivity index is 2.80. The Morgan fingerprint density at radius 3 is 2.62 bits per heavy atom. The lowest BCUT2D eigenvalue weighted by Gasteiger charge is -2.22. The summed E-state index contributed by atoms with van der Waals surface area (Å²) in [4.78, 5) is 0. The molecule has 0 saturated heterocycles. The number of hydrogen-bond acceptors (Lipinski definition) is 2. The molecule has 13 heavy (non-hydrogen) atoms. The molecular weight excluding hydrogens is 230 g/mol. The Hall–Kier alpha value is -0.350. The molecule has 0 unspecified atom stereocenters. The molecule has 1 aromatic heterocycles. The number of nitrogens with two attached hydrogens (primary N) is 1. The van der Waals surface area contributed by atoms with E-state index in [0.717, 1.165) is 16.7 Å². The fourth-order valence-electron chi connectivity index (χ4n) is 1.04. The van der Waals surface area contributed by atoms with E-state index in [0.29, 0.717) is 6.54 Å². The smallest absolute Gasteiger partial charge is 0.107 e. The third kappa shape index (κ3) is 2.54. The highest BCUT2D eigenvalue weighted by molar-refractivity contribution is 9.10. The van der Waals surface area contributed by atoms with Crippen molar-refractivity contribution >= 4 is 15.9 Å². The maximum atomic E-state index is 5.65. The minimum atomic E-state index is 0.0982. The molecule has 0 fully saturated rings. The van der Waals surface area contributed by atoms with Gasteiger partial charge in [-0.25, -0.2) is 0 Å². The van der Waals surface area contributed by atoms with E-state index in [1.165, 1.54) is 0 Å². The average Bonchev–Trinajstić information content (AvgIpc) is 2.36. The molecule has 0 aromatic carbocycles. The molecule has 0 radical (unpaired) electrons. The zero-order valence-corrected chi connectivity index (χ0v) is 9.93. The predicted octanol–water partition coefficient (Wildman–Crippen LogP) is 1.94. The van der Waals surface area contributed by atoms with Gasteiger partial charge in [0.2, 0.25) is 0 Å². The molecule has 0 spiro atoms. The van der Waals surface area contributed by atoms with Crippen molar-refractivity contribution in [2.45, 2.75) is 27.3 Å². The molecule has 1 aromatic rings. The van der Waals surface area contributed by atoms with Gasteiger partial charge >= 0.3 is 0 Å². The van der Waals surface area contributed by atoms with Crippen molar-refractivity contribution in [2.75, 3.05) is 6.54 Å². The summed E-state index contributed by atoms with van der Waals surface area (Å²) in [6.45, 7) is 7.81. The van der Waals surface area contributed by atoms with Gasteiger partial charge in [-0.05, 0) is 34.8 Å². The van der Waals surface area contributed by atoms with Crippen LogP contribution in [0, 0.1) is 12.3 Å². The van der Waals surface area contributed by atoms with Crippen molar-refractivity contribution in [2.24, 2.45) is 11.1 Å². The summed E-state index contributed by atoms with van der Waals surface area (Å²) in [5.74, 6) is 0. The number of aromatic nitrogens is 2. The van der Waals surface area contributed by atoms with E-state index < -0.39 is 0 Å². The molecule has 0 bridgehead atoms. The first-order chi connectivity index (χ1) is 5.96. The lowest BCUT2D eigenvalue weighted by atomic mass is 9.94. The van der Waals surface area contributed by atoms with Crippen molar-refractivity contribution in [1.82, 2.24) is 9.78 Å². The lowest BCUT2D eigenvalue weighted by molar-refractivity contribution is 0.299. The average molecular weight is 246 g/mol. The van der Waals surface area contributed by atoms with E-state index in [2.05, 4.69) is 34.9 Å². The second-order valence-electron chi connectivity index (χ2n) is 4.14.